The highest BCUT2D eigenvalue weighted by Crippen LogP contribution is 2.52. The first-order valence-electron chi connectivity index (χ1n) is 30.1. The molecule has 0 atom stereocenters. The zero-order valence-corrected chi connectivity index (χ0v) is 48.2. The van der Waals surface area contributed by atoms with Crippen molar-refractivity contribution in [1.82, 2.24) is 43.2 Å². The van der Waals surface area contributed by atoms with Crippen LogP contribution in [0.4, 0.5) is 0 Å². The van der Waals surface area contributed by atoms with E-state index in [-0.39, 0.29) is 0 Å². The third-order valence-corrected chi connectivity index (χ3v) is 17.8. The van der Waals surface area contributed by atoms with Crippen molar-refractivity contribution in [2.45, 2.75) is 0 Å². The van der Waals surface area contributed by atoms with Crippen molar-refractivity contribution in [3.8, 4) is 85.2 Å². The monoisotopic (exact) mass is 1150 g/mol. The second kappa shape index (κ2) is 20.3. The Bertz CT molecular complexity index is 5700. The maximum Gasteiger partial charge on any atom is 0.166 e. The number of rotatable bonds is 9. The zero-order chi connectivity index (χ0) is 59.4. The summed E-state index contributed by atoms with van der Waals surface area (Å²) in [4.78, 5) is 26.9. The smallest absolute Gasteiger partial charge is 0.166 e. The second-order valence-corrected chi connectivity index (χ2v) is 22.6. The van der Waals surface area contributed by atoms with E-state index < -0.39 is 0 Å². The van der Waals surface area contributed by atoms with Gasteiger partial charge in [0.1, 0.15) is 6.07 Å². The Labute approximate surface area is 515 Å². The molecular weight excluding hydrogens is 1100 g/mol. The van der Waals surface area contributed by atoms with Gasteiger partial charge in [0, 0.05) is 78.3 Å². The maximum absolute atomic E-state index is 12.8. The van der Waals surface area contributed by atoms with Crippen molar-refractivity contribution in [1.29, 1.82) is 5.26 Å². The van der Waals surface area contributed by atoms with Gasteiger partial charge in [0.25, 0.3) is 0 Å². The standard InChI is InChI=1S/C80H48N10/c81-49-62-71(50-39-43-54(44-40-50)87-63-31-13-7-25-56(63)57-26-8-14-32-64(57)87)77(90-68-36-18-12-30-61(68)75-70(90)38-20-48-83-75)72(51-41-45-55(46-42-51)88-65-33-15-9-27-58(65)59-28-10-16-34-66(59)88)73(76(62)89-67-35-17-11-29-60(67)74-69(89)37-19-47-82-74)80-85-78(52-21-3-1-4-22-52)84-79(86-80)53-23-5-2-6-24-53/h1-48H. The third kappa shape index (κ3) is 7.67. The Balaban J connectivity index is 1.05. The number of para-hydroxylation sites is 6. The molecule has 0 aliphatic rings. The molecule has 18 rings (SSSR count). The molecule has 90 heavy (non-hydrogen) atoms. The van der Waals surface area contributed by atoms with Crippen molar-refractivity contribution < 1.29 is 0 Å². The Hall–Kier alpha value is -12.6. The second-order valence-electron chi connectivity index (χ2n) is 22.6. The van der Waals surface area contributed by atoms with E-state index in [1.807, 2.05) is 91.3 Å². The summed E-state index contributed by atoms with van der Waals surface area (Å²) in [6, 6.07) is 100. The lowest BCUT2D eigenvalue weighted by atomic mass is 9.85. The lowest BCUT2D eigenvalue weighted by Gasteiger charge is -2.27. The van der Waals surface area contributed by atoms with Crippen LogP contribution in [0.5, 0.6) is 0 Å². The molecule has 0 fully saturated rings. The van der Waals surface area contributed by atoms with Gasteiger partial charge in [-0.1, -0.05) is 194 Å². The highest BCUT2D eigenvalue weighted by Gasteiger charge is 2.34. The Kier molecular flexibility index (Phi) is 11.4. The van der Waals surface area contributed by atoms with Gasteiger partial charge in [-0.3, -0.25) is 9.97 Å². The van der Waals surface area contributed by atoms with Crippen LogP contribution >= 0.6 is 0 Å². The van der Waals surface area contributed by atoms with Crippen LogP contribution in [0.15, 0.2) is 291 Å². The average molecular weight is 1150 g/mol. The van der Waals surface area contributed by atoms with Crippen molar-refractivity contribution in [2.24, 2.45) is 0 Å². The fraction of sp³-hybridized carbons (Fsp3) is 0. The van der Waals surface area contributed by atoms with Crippen LogP contribution in [-0.4, -0.2) is 43.2 Å². The first-order chi connectivity index (χ1) is 44.7. The van der Waals surface area contributed by atoms with E-state index in [1.165, 1.54) is 21.5 Å². The number of hydrogen-bond donors (Lipinski definition) is 0. The normalized spacial score (nSPS) is 11.8. The Morgan fingerprint density at radius 1 is 0.256 bits per heavy atom. The lowest BCUT2D eigenvalue weighted by Crippen LogP contribution is -2.12. The van der Waals surface area contributed by atoms with Crippen molar-refractivity contribution in [3.05, 3.63) is 297 Å². The van der Waals surface area contributed by atoms with Crippen LogP contribution < -0.4 is 0 Å². The molecule has 418 valence electrons. The number of pyridine rings is 2. The van der Waals surface area contributed by atoms with Crippen molar-refractivity contribution in [3.63, 3.8) is 0 Å². The highest BCUT2D eigenvalue weighted by atomic mass is 15.1. The molecule has 0 unspecified atom stereocenters. The molecule has 10 heteroatoms. The van der Waals surface area contributed by atoms with Crippen molar-refractivity contribution >= 4 is 87.5 Å². The molecule has 0 radical (unpaired) electrons. The summed E-state index contributed by atoms with van der Waals surface area (Å²) in [5, 5.41) is 19.4. The first kappa shape index (κ1) is 50.7. The minimum absolute atomic E-state index is 0.374. The van der Waals surface area contributed by atoms with E-state index in [4.69, 9.17) is 24.9 Å². The minimum Gasteiger partial charge on any atom is -0.309 e. The predicted octanol–water partition coefficient (Wildman–Crippen LogP) is 19.3. The van der Waals surface area contributed by atoms with Crippen LogP contribution in [-0.2, 0) is 0 Å². The van der Waals surface area contributed by atoms with Gasteiger partial charge in [0.2, 0.25) is 0 Å². The first-order valence-corrected chi connectivity index (χ1v) is 30.1. The maximum atomic E-state index is 12.8. The fourth-order valence-electron chi connectivity index (χ4n) is 14.0. The van der Waals surface area contributed by atoms with Crippen LogP contribution in [0.25, 0.3) is 167 Å². The third-order valence-electron chi connectivity index (χ3n) is 17.8. The zero-order valence-electron chi connectivity index (χ0n) is 48.2. The molecule has 0 saturated carbocycles. The number of hydrogen-bond acceptors (Lipinski definition) is 6. The largest absolute Gasteiger partial charge is 0.309 e. The molecule has 0 bridgehead atoms. The molecular formula is C80H48N10. The van der Waals surface area contributed by atoms with Crippen LogP contribution in [0.1, 0.15) is 5.56 Å². The van der Waals surface area contributed by atoms with Crippen LogP contribution in [0, 0.1) is 11.3 Å². The molecule has 11 aromatic carbocycles. The molecule has 18 aromatic rings. The summed E-state index contributed by atoms with van der Waals surface area (Å²) >= 11 is 0. The quantitative estimate of drug-likeness (QED) is 0.142. The molecule has 0 saturated heterocycles. The number of nitriles is 1. The lowest BCUT2D eigenvalue weighted by molar-refractivity contribution is 1.06. The number of benzene rings is 11. The van der Waals surface area contributed by atoms with E-state index in [9.17, 15) is 5.26 Å². The molecule has 7 aromatic heterocycles. The number of fused-ring (bicyclic) bond motifs is 12. The Morgan fingerprint density at radius 2 is 0.589 bits per heavy atom. The fourth-order valence-corrected chi connectivity index (χ4v) is 14.0. The summed E-state index contributed by atoms with van der Waals surface area (Å²) in [6.45, 7) is 0. The SMILES string of the molecule is N#Cc1c(-c2ccc(-n3c4ccccc4c4ccccc43)cc2)c(-n2c3ccccc3c3ncccc32)c(-c2ccc(-n3c4ccccc4c4ccccc43)cc2)c(-c2nc(-c3ccccc3)nc(-c3ccccc3)n2)c1-n1c2ccccc2c2ncccc21. The molecule has 10 nitrogen and oxygen atoms in total. The van der Waals surface area contributed by atoms with Crippen LogP contribution in [0.2, 0.25) is 0 Å². The average Bonchev–Trinajstić information content (AvgIpc) is 1.32. The molecule has 0 N–H and O–H groups in total. The number of aromatic nitrogens is 9. The van der Waals surface area contributed by atoms with Gasteiger partial charge < -0.3 is 18.3 Å². The van der Waals surface area contributed by atoms with E-state index in [1.54, 1.807) is 0 Å². The van der Waals surface area contributed by atoms with E-state index >= 15 is 0 Å². The van der Waals surface area contributed by atoms with Gasteiger partial charge in [-0.05, 0) is 96.1 Å². The van der Waals surface area contributed by atoms with Gasteiger partial charge in [-0.25, -0.2) is 15.0 Å². The summed E-state index contributed by atoms with van der Waals surface area (Å²) in [5.41, 5.74) is 18.6. The van der Waals surface area contributed by atoms with Crippen molar-refractivity contribution in [2.75, 3.05) is 0 Å². The molecule has 7 heterocycles. The summed E-state index contributed by atoms with van der Waals surface area (Å²) in [5.74, 6) is 1.33. The van der Waals surface area contributed by atoms with Gasteiger partial charge in [0.15, 0.2) is 17.5 Å². The number of nitrogens with zero attached hydrogens (tertiary/aromatic N) is 10. The van der Waals surface area contributed by atoms with Gasteiger partial charge in [-0.15, -0.1) is 0 Å². The van der Waals surface area contributed by atoms with Gasteiger partial charge in [-0.2, -0.15) is 5.26 Å². The highest BCUT2D eigenvalue weighted by molar-refractivity contribution is 6.15. The van der Waals surface area contributed by atoms with E-state index in [2.05, 4.69) is 225 Å². The van der Waals surface area contributed by atoms with Gasteiger partial charge in [0.05, 0.1) is 77.7 Å². The summed E-state index contributed by atoms with van der Waals surface area (Å²) < 4.78 is 9.23. The van der Waals surface area contributed by atoms with E-state index in [0.717, 1.165) is 111 Å². The molecule has 0 aliphatic carbocycles. The topological polar surface area (TPSA) is 108 Å². The van der Waals surface area contributed by atoms with Gasteiger partial charge >= 0.3 is 0 Å². The summed E-state index contributed by atoms with van der Waals surface area (Å²) in [7, 11) is 0. The van der Waals surface area contributed by atoms with E-state index in [0.29, 0.717) is 39.9 Å². The van der Waals surface area contributed by atoms with Crippen LogP contribution in [0.3, 0.4) is 0 Å². The summed E-state index contributed by atoms with van der Waals surface area (Å²) in [6.07, 6.45) is 3.69. The minimum atomic E-state index is 0.374. The predicted molar refractivity (Wildman–Crippen MR) is 365 cm³/mol. The molecule has 0 amide bonds. The molecule has 0 aliphatic heterocycles. The molecule has 0 spiro atoms. The Morgan fingerprint density at radius 3 is 1.00 bits per heavy atom.